The molecule has 1 aliphatic heterocycles. The lowest BCUT2D eigenvalue weighted by atomic mass is 10.1. The van der Waals surface area contributed by atoms with Gasteiger partial charge in [-0.2, -0.15) is 0 Å². The van der Waals surface area contributed by atoms with Crippen LogP contribution in [-0.4, -0.2) is 33.4 Å². The Morgan fingerprint density at radius 1 is 1.00 bits per heavy atom. The van der Waals surface area contributed by atoms with Gasteiger partial charge in [0.25, 0.3) is 0 Å². The van der Waals surface area contributed by atoms with Gasteiger partial charge in [-0.3, -0.25) is 0 Å². The van der Waals surface area contributed by atoms with Crippen molar-refractivity contribution >= 4 is 5.69 Å². The molecule has 122 valence electrons. The molecule has 2 aromatic carbocycles. The third-order valence-corrected chi connectivity index (χ3v) is 4.10. The number of methoxy groups -OCH3 is 1. The second kappa shape index (κ2) is 7.99. The van der Waals surface area contributed by atoms with Crippen molar-refractivity contribution < 1.29 is 9.47 Å². The zero-order valence-electron chi connectivity index (χ0n) is 13.6. The number of anilines is 1. The van der Waals surface area contributed by atoms with Crippen LogP contribution in [0.1, 0.15) is 11.1 Å². The molecule has 0 unspecified atom stereocenters. The van der Waals surface area contributed by atoms with Gasteiger partial charge in [-0.15, -0.1) is 0 Å². The van der Waals surface area contributed by atoms with E-state index in [1.807, 2.05) is 12.1 Å². The lowest BCUT2D eigenvalue weighted by Crippen LogP contribution is -2.36. The molecular weight excluding hydrogens is 288 g/mol. The zero-order chi connectivity index (χ0) is 15.9. The minimum atomic E-state index is 0.823. The number of benzene rings is 2. The summed E-state index contributed by atoms with van der Waals surface area (Å²) in [5.74, 6) is 0.902. The maximum absolute atomic E-state index is 5.40. The van der Waals surface area contributed by atoms with Crippen LogP contribution in [-0.2, 0) is 17.8 Å². The third kappa shape index (κ3) is 4.47. The SMILES string of the molecule is COc1cccc(CNCc2ccc(N3CCOCC3)cc2)c1. The molecule has 0 spiro atoms. The quantitative estimate of drug-likeness (QED) is 0.889. The van der Waals surface area contributed by atoms with Crippen molar-refractivity contribution in [3.8, 4) is 5.75 Å². The Morgan fingerprint density at radius 2 is 1.74 bits per heavy atom. The molecule has 2 aromatic rings. The van der Waals surface area contributed by atoms with E-state index in [4.69, 9.17) is 9.47 Å². The van der Waals surface area contributed by atoms with E-state index >= 15 is 0 Å². The molecule has 1 heterocycles. The molecule has 0 aliphatic carbocycles. The molecule has 0 saturated carbocycles. The van der Waals surface area contributed by atoms with Crippen molar-refractivity contribution in [1.82, 2.24) is 5.32 Å². The molecule has 0 radical (unpaired) electrons. The van der Waals surface area contributed by atoms with Gasteiger partial charge < -0.3 is 19.7 Å². The molecule has 0 amide bonds. The molecule has 1 N–H and O–H groups in total. The number of morpholine rings is 1. The van der Waals surface area contributed by atoms with Crippen LogP contribution in [0.4, 0.5) is 5.69 Å². The minimum Gasteiger partial charge on any atom is -0.497 e. The summed E-state index contributed by atoms with van der Waals surface area (Å²) in [5.41, 5.74) is 3.81. The smallest absolute Gasteiger partial charge is 0.119 e. The Kier molecular flexibility index (Phi) is 5.51. The molecule has 4 heteroatoms. The first-order chi connectivity index (χ1) is 11.3. The van der Waals surface area contributed by atoms with Gasteiger partial charge in [-0.1, -0.05) is 24.3 Å². The largest absolute Gasteiger partial charge is 0.497 e. The van der Waals surface area contributed by atoms with Crippen LogP contribution in [0.2, 0.25) is 0 Å². The predicted molar refractivity (Wildman–Crippen MR) is 93.0 cm³/mol. The van der Waals surface area contributed by atoms with Crippen molar-refractivity contribution in [3.63, 3.8) is 0 Å². The first kappa shape index (κ1) is 15.8. The fraction of sp³-hybridized carbons (Fsp3) is 0.368. The fourth-order valence-electron chi connectivity index (χ4n) is 2.78. The fourth-order valence-corrected chi connectivity index (χ4v) is 2.78. The van der Waals surface area contributed by atoms with Gasteiger partial charge in [0.2, 0.25) is 0 Å². The van der Waals surface area contributed by atoms with E-state index in [-0.39, 0.29) is 0 Å². The Hall–Kier alpha value is -2.04. The van der Waals surface area contributed by atoms with Crippen molar-refractivity contribution in [3.05, 3.63) is 59.7 Å². The molecule has 4 nitrogen and oxygen atoms in total. The predicted octanol–water partition coefficient (Wildman–Crippen LogP) is 2.82. The lowest BCUT2D eigenvalue weighted by Gasteiger charge is -2.28. The van der Waals surface area contributed by atoms with E-state index in [1.165, 1.54) is 16.8 Å². The van der Waals surface area contributed by atoms with Crippen LogP contribution in [0.3, 0.4) is 0 Å². The maximum atomic E-state index is 5.40. The van der Waals surface area contributed by atoms with Gasteiger partial charge in [0.15, 0.2) is 0 Å². The van der Waals surface area contributed by atoms with E-state index in [1.54, 1.807) is 7.11 Å². The Labute approximate surface area is 138 Å². The topological polar surface area (TPSA) is 33.7 Å². The number of ether oxygens (including phenoxy) is 2. The molecule has 0 bridgehead atoms. The molecule has 1 fully saturated rings. The lowest BCUT2D eigenvalue weighted by molar-refractivity contribution is 0.122. The van der Waals surface area contributed by atoms with Crippen molar-refractivity contribution in [2.24, 2.45) is 0 Å². The zero-order valence-corrected chi connectivity index (χ0v) is 13.6. The second-order valence-electron chi connectivity index (χ2n) is 5.72. The number of hydrogen-bond donors (Lipinski definition) is 1. The molecule has 1 saturated heterocycles. The minimum absolute atomic E-state index is 0.823. The van der Waals surface area contributed by atoms with Crippen LogP contribution < -0.4 is 15.0 Å². The second-order valence-corrected chi connectivity index (χ2v) is 5.72. The number of nitrogens with zero attached hydrogens (tertiary/aromatic N) is 1. The highest BCUT2D eigenvalue weighted by molar-refractivity contribution is 5.47. The summed E-state index contributed by atoms with van der Waals surface area (Å²) in [5, 5.41) is 3.48. The van der Waals surface area contributed by atoms with E-state index < -0.39 is 0 Å². The van der Waals surface area contributed by atoms with Crippen molar-refractivity contribution in [2.75, 3.05) is 38.3 Å². The monoisotopic (exact) mass is 312 g/mol. The van der Waals surface area contributed by atoms with Crippen LogP contribution in [0.25, 0.3) is 0 Å². The van der Waals surface area contributed by atoms with Gasteiger partial charge >= 0.3 is 0 Å². The first-order valence-corrected chi connectivity index (χ1v) is 8.10. The molecule has 3 rings (SSSR count). The van der Waals surface area contributed by atoms with Crippen LogP contribution in [0.15, 0.2) is 48.5 Å². The summed E-state index contributed by atoms with van der Waals surface area (Å²) < 4.78 is 10.6. The van der Waals surface area contributed by atoms with Gasteiger partial charge in [0.05, 0.1) is 20.3 Å². The van der Waals surface area contributed by atoms with E-state index in [0.29, 0.717) is 0 Å². The summed E-state index contributed by atoms with van der Waals surface area (Å²) in [4.78, 5) is 2.37. The van der Waals surface area contributed by atoms with Gasteiger partial charge in [0, 0.05) is 31.9 Å². The summed E-state index contributed by atoms with van der Waals surface area (Å²) >= 11 is 0. The molecule has 1 aliphatic rings. The van der Waals surface area contributed by atoms with E-state index in [9.17, 15) is 0 Å². The Morgan fingerprint density at radius 3 is 2.48 bits per heavy atom. The normalized spacial score (nSPS) is 14.7. The van der Waals surface area contributed by atoms with Crippen LogP contribution in [0.5, 0.6) is 5.75 Å². The Bertz CT molecular complexity index is 607. The van der Waals surface area contributed by atoms with E-state index in [0.717, 1.165) is 45.1 Å². The summed E-state index contributed by atoms with van der Waals surface area (Å²) in [6, 6.07) is 17.0. The third-order valence-electron chi connectivity index (χ3n) is 4.10. The summed E-state index contributed by atoms with van der Waals surface area (Å²) in [6.07, 6.45) is 0. The average molecular weight is 312 g/mol. The summed E-state index contributed by atoms with van der Waals surface area (Å²) in [7, 11) is 1.70. The standard InChI is InChI=1S/C19H24N2O2/c1-22-19-4-2-3-17(13-19)15-20-14-16-5-7-18(8-6-16)21-9-11-23-12-10-21/h2-8,13,20H,9-12,14-15H2,1H3. The first-order valence-electron chi connectivity index (χ1n) is 8.10. The molecule has 0 atom stereocenters. The van der Waals surface area contributed by atoms with Crippen LogP contribution in [0, 0.1) is 0 Å². The van der Waals surface area contributed by atoms with Gasteiger partial charge in [-0.25, -0.2) is 0 Å². The molecular formula is C19H24N2O2. The molecule has 23 heavy (non-hydrogen) atoms. The summed E-state index contributed by atoms with van der Waals surface area (Å²) in [6.45, 7) is 5.30. The van der Waals surface area contributed by atoms with Gasteiger partial charge in [0.1, 0.15) is 5.75 Å². The van der Waals surface area contributed by atoms with E-state index in [2.05, 4.69) is 46.6 Å². The highest BCUT2D eigenvalue weighted by atomic mass is 16.5. The molecule has 0 aromatic heterocycles. The van der Waals surface area contributed by atoms with Crippen molar-refractivity contribution in [2.45, 2.75) is 13.1 Å². The average Bonchev–Trinajstić information content (AvgIpc) is 2.63. The van der Waals surface area contributed by atoms with Crippen molar-refractivity contribution in [1.29, 1.82) is 0 Å². The Balaban J connectivity index is 1.50. The highest BCUT2D eigenvalue weighted by Crippen LogP contribution is 2.17. The van der Waals surface area contributed by atoms with Gasteiger partial charge in [-0.05, 0) is 35.4 Å². The number of rotatable bonds is 6. The maximum Gasteiger partial charge on any atom is 0.119 e. The number of nitrogens with one attached hydrogen (secondary N) is 1. The highest BCUT2D eigenvalue weighted by Gasteiger charge is 2.10. The number of hydrogen-bond acceptors (Lipinski definition) is 4. The van der Waals surface area contributed by atoms with Crippen LogP contribution >= 0.6 is 0 Å².